The number of aromatic nitrogens is 2. The molecule has 1 N–H and O–H groups in total. The van der Waals surface area contributed by atoms with Crippen LogP contribution in [0.15, 0.2) is 6.07 Å². The lowest BCUT2D eigenvalue weighted by Gasteiger charge is -2.23. The topological polar surface area (TPSA) is 47.0 Å². The van der Waals surface area contributed by atoms with Gasteiger partial charge in [-0.1, -0.05) is 0 Å². The van der Waals surface area contributed by atoms with Crippen LogP contribution in [0.5, 0.6) is 0 Å². The highest BCUT2D eigenvalue weighted by molar-refractivity contribution is 5.12. The lowest BCUT2D eigenvalue weighted by atomic mass is 10.1. The van der Waals surface area contributed by atoms with Crippen LogP contribution in [0.4, 0.5) is 13.2 Å². The Morgan fingerprint density at radius 3 is 2.84 bits per heavy atom. The van der Waals surface area contributed by atoms with Gasteiger partial charge in [0.2, 0.25) is 0 Å². The molecule has 0 aliphatic carbocycles. The zero-order valence-corrected chi connectivity index (χ0v) is 10.6. The Labute approximate surface area is 109 Å². The maximum absolute atomic E-state index is 12.6. The van der Waals surface area contributed by atoms with E-state index < -0.39 is 11.9 Å². The summed E-state index contributed by atoms with van der Waals surface area (Å²) in [4.78, 5) is 7.57. The van der Waals surface area contributed by atoms with Crippen molar-refractivity contribution in [3.8, 4) is 0 Å². The summed E-state index contributed by atoms with van der Waals surface area (Å²) in [5, 5.41) is 3.13. The van der Waals surface area contributed by atoms with Gasteiger partial charge in [0.1, 0.15) is 11.5 Å². The van der Waals surface area contributed by atoms with Crippen LogP contribution in [0.2, 0.25) is 0 Å². The third-order valence-corrected chi connectivity index (χ3v) is 2.90. The third-order valence-electron chi connectivity index (χ3n) is 2.90. The Balaban J connectivity index is 2.01. The first kappa shape index (κ1) is 14.2. The minimum absolute atomic E-state index is 0.159. The van der Waals surface area contributed by atoms with E-state index in [0.29, 0.717) is 12.3 Å². The predicted molar refractivity (Wildman–Crippen MR) is 62.5 cm³/mol. The SMILES string of the molecule is Cc1cc(C(F)(F)F)nc(CNC2CCCOC2)n1. The maximum Gasteiger partial charge on any atom is 0.433 e. The van der Waals surface area contributed by atoms with Crippen molar-refractivity contribution >= 4 is 0 Å². The molecule has 1 aliphatic rings. The number of ether oxygens (including phenoxy) is 1. The monoisotopic (exact) mass is 275 g/mol. The van der Waals surface area contributed by atoms with Gasteiger partial charge in [0.15, 0.2) is 0 Å². The van der Waals surface area contributed by atoms with Crippen LogP contribution in [-0.4, -0.2) is 29.2 Å². The van der Waals surface area contributed by atoms with Crippen molar-refractivity contribution in [1.29, 1.82) is 0 Å². The van der Waals surface area contributed by atoms with Gasteiger partial charge in [-0.3, -0.25) is 0 Å². The number of alkyl halides is 3. The van der Waals surface area contributed by atoms with Gasteiger partial charge in [-0.25, -0.2) is 9.97 Å². The zero-order chi connectivity index (χ0) is 13.9. The minimum Gasteiger partial charge on any atom is -0.380 e. The minimum atomic E-state index is -4.43. The number of rotatable bonds is 3. The molecule has 4 nitrogen and oxygen atoms in total. The molecule has 1 saturated heterocycles. The molecule has 1 aromatic rings. The van der Waals surface area contributed by atoms with Gasteiger partial charge in [-0.2, -0.15) is 13.2 Å². The number of nitrogens with one attached hydrogen (secondary N) is 1. The lowest BCUT2D eigenvalue weighted by molar-refractivity contribution is -0.141. The van der Waals surface area contributed by atoms with Crippen molar-refractivity contribution in [2.75, 3.05) is 13.2 Å². The quantitative estimate of drug-likeness (QED) is 0.917. The number of hydrogen-bond acceptors (Lipinski definition) is 4. The third kappa shape index (κ3) is 4.14. The number of nitrogens with zero attached hydrogens (tertiary/aromatic N) is 2. The Morgan fingerprint density at radius 1 is 1.42 bits per heavy atom. The highest BCUT2D eigenvalue weighted by Gasteiger charge is 2.33. The molecule has 106 valence electrons. The number of aryl methyl sites for hydroxylation is 1. The van der Waals surface area contributed by atoms with Crippen LogP contribution in [0.25, 0.3) is 0 Å². The molecule has 2 rings (SSSR count). The van der Waals surface area contributed by atoms with Gasteiger partial charge >= 0.3 is 6.18 Å². The smallest absolute Gasteiger partial charge is 0.380 e. The molecule has 0 radical (unpaired) electrons. The van der Waals surface area contributed by atoms with E-state index in [4.69, 9.17) is 4.74 Å². The first-order valence-corrected chi connectivity index (χ1v) is 6.18. The van der Waals surface area contributed by atoms with Gasteiger partial charge in [0, 0.05) is 18.3 Å². The second kappa shape index (κ2) is 5.83. The van der Waals surface area contributed by atoms with Crippen molar-refractivity contribution < 1.29 is 17.9 Å². The summed E-state index contributed by atoms with van der Waals surface area (Å²) in [5.41, 5.74) is -0.573. The molecule has 1 atom stereocenters. The van der Waals surface area contributed by atoms with Gasteiger partial charge in [0.25, 0.3) is 0 Å². The van der Waals surface area contributed by atoms with E-state index in [1.54, 1.807) is 0 Å². The van der Waals surface area contributed by atoms with Gasteiger partial charge in [-0.15, -0.1) is 0 Å². The van der Waals surface area contributed by atoms with Gasteiger partial charge in [0.05, 0.1) is 13.2 Å². The Kier molecular flexibility index (Phi) is 4.36. The molecule has 1 aromatic heterocycles. The highest BCUT2D eigenvalue weighted by atomic mass is 19.4. The van der Waals surface area contributed by atoms with Crippen molar-refractivity contribution in [2.24, 2.45) is 0 Å². The van der Waals surface area contributed by atoms with E-state index in [-0.39, 0.29) is 18.4 Å². The molecular weight excluding hydrogens is 259 g/mol. The van der Waals surface area contributed by atoms with Crippen LogP contribution in [0, 0.1) is 6.92 Å². The largest absolute Gasteiger partial charge is 0.433 e. The Bertz CT molecular complexity index is 431. The normalized spacial score (nSPS) is 20.5. The second-order valence-corrected chi connectivity index (χ2v) is 4.60. The van der Waals surface area contributed by atoms with Crippen LogP contribution in [0.1, 0.15) is 30.1 Å². The highest BCUT2D eigenvalue weighted by Crippen LogP contribution is 2.27. The Morgan fingerprint density at radius 2 is 2.21 bits per heavy atom. The fourth-order valence-corrected chi connectivity index (χ4v) is 1.99. The second-order valence-electron chi connectivity index (χ2n) is 4.60. The summed E-state index contributed by atoms with van der Waals surface area (Å²) in [6, 6.07) is 1.11. The van der Waals surface area contributed by atoms with Crippen molar-refractivity contribution in [3.63, 3.8) is 0 Å². The number of halogens is 3. The lowest BCUT2D eigenvalue weighted by Crippen LogP contribution is -2.36. The van der Waals surface area contributed by atoms with Crippen molar-refractivity contribution in [1.82, 2.24) is 15.3 Å². The molecule has 0 amide bonds. The van der Waals surface area contributed by atoms with E-state index in [0.717, 1.165) is 25.5 Å². The molecule has 1 aliphatic heterocycles. The molecule has 7 heteroatoms. The summed E-state index contributed by atoms with van der Waals surface area (Å²) in [7, 11) is 0. The summed E-state index contributed by atoms with van der Waals surface area (Å²) in [6.07, 6.45) is -2.52. The average molecular weight is 275 g/mol. The standard InChI is InChI=1S/C12H16F3N3O/c1-8-5-10(12(13,14)15)18-11(17-8)6-16-9-3-2-4-19-7-9/h5,9,16H,2-4,6-7H2,1H3. The number of hydrogen-bond donors (Lipinski definition) is 1. The van der Waals surface area contributed by atoms with Crippen molar-refractivity contribution in [2.45, 2.75) is 38.5 Å². The van der Waals surface area contributed by atoms with E-state index in [1.807, 2.05) is 0 Å². The van der Waals surface area contributed by atoms with Crippen LogP contribution < -0.4 is 5.32 Å². The molecule has 1 unspecified atom stereocenters. The molecule has 2 heterocycles. The predicted octanol–water partition coefficient (Wildman–Crippen LogP) is 2.07. The van der Waals surface area contributed by atoms with Crippen LogP contribution in [-0.2, 0) is 17.5 Å². The summed E-state index contributed by atoms with van der Waals surface area (Å²) in [5.74, 6) is 0.165. The summed E-state index contributed by atoms with van der Waals surface area (Å²) >= 11 is 0. The zero-order valence-electron chi connectivity index (χ0n) is 10.6. The summed E-state index contributed by atoms with van der Waals surface area (Å²) in [6.45, 7) is 3.08. The summed E-state index contributed by atoms with van der Waals surface area (Å²) < 4.78 is 43.1. The first-order valence-electron chi connectivity index (χ1n) is 6.18. The van der Waals surface area contributed by atoms with E-state index >= 15 is 0 Å². The molecule has 0 bridgehead atoms. The molecule has 0 aromatic carbocycles. The van der Waals surface area contributed by atoms with E-state index in [2.05, 4.69) is 15.3 Å². The molecule has 19 heavy (non-hydrogen) atoms. The van der Waals surface area contributed by atoms with Crippen LogP contribution in [0.3, 0.4) is 0 Å². The fraction of sp³-hybridized carbons (Fsp3) is 0.667. The average Bonchev–Trinajstić information content (AvgIpc) is 2.36. The van der Waals surface area contributed by atoms with Crippen molar-refractivity contribution in [3.05, 3.63) is 23.3 Å². The molecule has 1 fully saturated rings. The Hall–Kier alpha value is -1.21. The molecular formula is C12H16F3N3O. The molecule has 0 spiro atoms. The maximum atomic E-state index is 12.6. The first-order chi connectivity index (χ1) is 8.95. The van der Waals surface area contributed by atoms with Gasteiger partial charge in [-0.05, 0) is 25.8 Å². The van der Waals surface area contributed by atoms with E-state index in [9.17, 15) is 13.2 Å². The van der Waals surface area contributed by atoms with Gasteiger partial charge < -0.3 is 10.1 Å². The molecule has 0 saturated carbocycles. The van der Waals surface area contributed by atoms with E-state index in [1.165, 1.54) is 6.92 Å². The fourth-order valence-electron chi connectivity index (χ4n) is 1.99. The van der Waals surface area contributed by atoms with Crippen LogP contribution >= 0.6 is 0 Å².